The number of hydrazone groups is 1. The molecule has 1 aromatic carbocycles. The SMILES string of the molecule is Cc1cc(C=C2C(=N)N3N=C(CC(=O)N4CCCC4)SC3=NC2=O)c(C)n1-c1ccccc1. The Morgan fingerprint density at radius 1 is 1.18 bits per heavy atom. The zero-order chi connectivity index (χ0) is 23.1. The second kappa shape index (κ2) is 8.47. The van der Waals surface area contributed by atoms with Gasteiger partial charge in [0, 0.05) is 30.2 Å². The fraction of sp³-hybridized carbons (Fsp3) is 0.292. The number of hydrogen-bond donors (Lipinski definition) is 1. The number of aryl methyl sites for hydroxylation is 1. The summed E-state index contributed by atoms with van der Waals surface area (Å²) in [5.74, 6) is -0.461. The molecule has 2 aromatic rings. The van der Waals surface area contributed by atoms with Gasteiger partial charge in [0.2, 0.25) is 11.1 Å². The first-order valence-electron chi connectivity index (χ1n) is 10.9. The summed E-state index contributed by atoms with van der Waals surface area (Å²) in [4.78, 5) is 31.3. The first kappa shape index (κ1) is 21.4. The van der Waals surface area contributed by atoms with Crippen LogP contribution in [0.2, 0.25) is 0 Å². The summed E-state index contributed by atoms with van der Waals surface area (Å²) in [6, 6.07) is 12.0. The summed E-state index contributed by atoms with van der Waals surface area (Å²) in [6.07, 6.45) is 3.93. The van der Waals surface area contributed by atoms with Crippen molar-refractivity contribution in [2.75, 3.05) is 13.1 Å². The number of amidine groups is 2. The molecule has 0 bridgehead atoms. The quantitative estimate of drug-likeness (QED) is 0.704. The summed E-state index contributed by atoms with van der Waals surface area (Å²) in [6.45, 7) is 5.56. The van der Waals surface area contributed by atoms with Gasteiger partial charge in [-0.2, -0.15) is 15.1 Å². The highest BCUT2D eigenvalue weighted by Crippen LogP contribution is 2.31. The molecule has 8 nitrogen and oxygen atoms in total. The van der Waals surface area contributed by atoms with Gasteiger partial charge < -0.3 is 9.47 Å². The minimum atomic E-state index is -0.467. The maximum absolute atomic E-state index is 12.8. The van der Waals surface area contributed by atoms with Crippen molar-refractivity contribution in [1.29, 1.82) is 5.41 Å². The van der Waals surface area contributed by atoms with Gasteiger partial charge in [-0.25, -0.2) is 0 Å². The van der Waals surface area contributed by atoms with Crippen LogP contribution in [0, 0.1) is 19.3 Å². The van der Waals surface area contributed by atoms with Gasteiger partial charge >= 0.3 is 0 Å². The van der Waals surface area contributed by atoms with Crippen LogP contribution >= 0.6 is 11.8 Å². The average molecular weight is 461 g/mol. The molecule has 1 fully saturated rings. The van der Waals surface area contributed by atoms with E-state index < -0.39 is 5.91 Å². The summed E-state index contributed by atoms with van der Waals surface area (Å²) in [7, 11) is 0. The predicted octanol–water partition coefficient (Wildman–Crippen LogP) is 3.73. The van der Waals surface area contributed by atoms with E-state index in [1.807, 2.05) is 55.1 Å². The number of rotatable bonds is 4. The van der Waals surface area contributed by atoms with E-state index in [2.05, 4.69) is 14.7 Å². The van der Waals surface area contributed by atoms with E-state index in [4.69, 9.17) is 5.41 Å². The fourth-order valence-corrected chi connectivity index (χ4v) is 5.25. The van der Waals surface area contributed by atoms with Gasteiger partial charge in [0.05, 0.1) is 12.0 Å². The van der Waals surface area contributed by atoms with E-state index in [0.717, 1.165) is 48.6 Å². The number of likely N-dealkylation sites (tertiary alicyclic amines) is 1. The van der Waals surface area contributed by atoms with Crippen LogP contribution in [0.5, 0.6) is 0 Å². The molecule has 33 heavy (non-hydrogen) atoms. The second-order valence-corrected chi connectivity index (χ2v) is 9.32. The van der Waals surface area contributed by atoms with E-state index in [0.29, 0.717) is 10.2 Å². The Hall–Kier alpha value is -3.46. The number of amides is 2. The molecule has 5 rings (SSSR count). The van der Waals surface area contributed by atoms with Crippen LogP contribution in [0.4, 0.5) is 0 Å². The van der Waals surface area contributed by atoms with Crippen molar-refractivity contribution in [1.82, 2.24) is 14.5 Å². The van der Waals surface area contributed by atoms with Crippen LogP contribution in [0.1, 0.15) is 36.2 Å². The Balaban J connectivity index is 1.41. The number of aromatic nitrogens is 1. The Kier molecular flexibility index (Phi) is 5.49. The molecule has 1 aromatic heterocycles. The number of fused-ring (bicyclic) bond motifs is 1. The van der Waals surface area contributed by atoms with E-state index in [1.54, 1.807) is 6.08 Å². The molecule has 168 valence electrons. The van der Waals surface area contributed by atoms with Gasteiger partial charge in [0.25, 0.3) is 5.91 Å². The third kappa shape index (κ3) is 3.93. The van der Waals surface area contributed by atoms with Gasteiger partial charge in [-0.1, -0.05) is 18.2 Å². The smallest absolute Gasteiger partial charge is 0.283 e. The molecule has 0 atom stereocenters. The van der Waals surface area contributed by atoms with Gasteiger partial charge in [0.15, 0.2) is 5.84 Å². The lowest BCUT2D eigenvalue weighted by atomic mass is 10.1. The zero-order valence-corrected chi connectivity index (χ0v) is 19.4. The third-order valence-corrected chi connectivity index (χ3v) is 6.95. The highest BCUT2D eigenvalue weighted by Gasteiger charge is 2.36. The molecule has 1 N–H and O–H groups in total. The van der Waals surface area contributed by atoms with Crippen molar-refractivity contribution in [3.05, 3.63) is 58.9 Å². The highest BCUT2D eigenvalue weighted by molar-refractivity contribution is 8.27. The number of hydrogen-bond acceptors (Lipinski definition) is 5. The zero-order valence-electron chi connectivity index (χ0n) is 18.5. The van der Waals surface area contributed by atoms with Crippen LogP contribution in [-0.2, 0) is 9.59 Å². The largest absolute Gasteiger partial charge is 0.342 e. The van der Waals surface area contributed by atoms with Gasteiger partial charge in [0.1, 0.15) is 5.04 Å². The van der Waals surface area contributed by atoms with Crippen LogP contribution in [-0.4, -0.2) is 55.4 Å². The Morgan fingerprint density at radius 2 is 1.91 bits per heavy atom. The first-order valence-corrected chi connectivity index (χ1v) is 11.8. The van der Waals surface area contributed by atoms with Crippen molar-refractivity contribution < 1.29 is 9.59 Å². The molecule has 2 amide bonds. The summed E-state index contributed by atoms with van der Waals surface area (Å²) < 4.78 is 2.12. The Bertz CT molecular complexity index is 1250. The molecule has 9 heteroatoms. The number of thioether (sulfide) groups is 1. The third-order valence-electron chi connectivity index (χ3n) is 6.04. The number of para-hydroxylation sites is 1. The molecule has 4 heterocycles. The molecule has 3 aliphatic rings. The van der Waals surface area contributed by atoms with Crippen LogP contribution in [0.15, 0.2) is 52.1 Å². The minimum Gasteiger partial charge on any atom is -0.342 e. The molecule has 3 aliphatic heterocycles. The van der Waals surface area contributed by atoms with Crippen molar-refractivity contribution in [2.45, 2.75) is 33.1 Å². The molecule has 0 radical (unpaired) electrons. The highest BCUT2D eigenvalue weighted by atomic mass is 32.2. The number of carbonyl (C=O) groups is 2. The van der Waals surface area contributed by atoms with E-state index >= 15 is 0 Å². The number of carbonyl (C=O) groups excluding carboxylic acids is 2. The van der Waals surface area contributed by atoms with Gasteiger partial charge in [-0.3, -0.25) is 15.0 Å². The van der Waals surface area contributed by atoms with Gasteiger partial charge in [-0.15, -0.1) is 0 Å². The van der Waals surface area contributed by atoms with Crippen molar-refractivity contribution >= 4 is 45.7 Å². The number of nitrogens with one attached hydrogen (secondary N) is 1. The second-order valence-electron chi connectivity index (χ2n) is 8.28. The molecule has 1 saturated heterocycles. The monoisotopic (exact) mass is 460 g/mol. The molecule has 0 unspecified atom stereocenters. The average Bonchev–Trinajstić information content (AvgIpc) is 3.52. The molecule has 0 saturated carbocycles. The lowest BCUT2D eigenvalue weighted by Gasteiger charge is -2.20. The van der Waals surface area contributed by atoms with Crippen molar-refractivity contribution in [3.8, 4) is 5.69 Å². The maximum atomic E-state index is 12.8. The normalized spacial score (nSPS) is 19.3. The van der Waals surface area contributed by atoms with E-state index in [-0.39, 0.29) is 23.7 Å². The van der Waals surface area contributed by atoms with E-state index in [9.17, 15) is 9.59 Å². The maximum Gasteiger partial charge on any atom is 0.283 e. The molecule has 0 spiro atoms. The predicted molar refractivity (Wildman–Crippen MR) is 131 cm³/mol. The molecular formula is C24H24N6O2S. The summed E-state index contributed by atoms with van der Waals surface area (Å²) in [5.41, 5.74) is 4.07. The standard InChI is InChI=1S/C24H24N6O2S/c1-15-12-17(16(2)29(15)18-8-4-3-5-9-18)13-19-22(25)30-24(26-23(19)32)33-20(27-30)14-21(31)28-10-6-7-11-28/h3-5,8-9,12-13,25H,6-7,10-11,14H2,1-2H3. The first-order chi connectivity index (χ1) is 15.9. The molecular weight excluding hydrogens is 436 g/mol. The van der Waals surface area contributed by atoms with Crippen LogP contribution in [0.3, 0.4) is 0 Å². The molecule has 0 aliphatic carbocycles. The van der Waals surface area contributed by atoms with Crippen LogP contribution in [0.25, 0.3) is 11.8 Å². The van der Waals surface area contributed by atoms with Crippen LogP contribution < -0.4 is 0 Å². The number of aliphatic imine (C=N–C) groups is 1. The summed E-state index contributed by atoms with van der Waals surface area (Å²) in [5, 5.41) is 15.3. The fourth-order valence-electron chi connectivity index (χ4n) is 4.37. The summed E-state index contributed by atoms with van der Waals surface area (Å²) >= 11 is 1.19. The lowest BCUT2D eigenvalue weighted by molar-refractivity contribution is -0.128. The van der Waals surface area contributed by atoms with E-state index in [1.165, 1.54) is 16.8 Å². The number of nitrogens with zero attached hydrogens (tertiary/aromatic N) is 5. The Labute approximate surface area is 196 Å². The van der Waals surface area contributed by atoms with Gasteiger partial charge in [-0.05, 0) is 68.3 Å². The lowest BCUT2D eigenvalue weighted by Crippen LogP contribution is -2.35. The minimum absolute atomic E-state index is 0.0226. The van der Waals surface area contributed by atoms with Crippen molar-refractivity contribution in [2.24, 2.45) is 10.1 Å². The topological polar surface area (TPSA) is 94.1 Å². The van der Waals surface area contributed by atoms with Crippen molar-refractivity contribution in [3.63, 3.8) is 0 Å². The Morgan fingerprint density at radius 3 is 2.64 bits per heavy atom. The number of benzene rings is 1.